The van der Waals surface area contributed by atoms with Gasteiger partial charge in [-0.05, 0) is 52.0 Å². The van der Waals surface area contributed by atoms with Crippen molar-refractivity contribution in [3.05, 3.63) is 36.3 Å². The number of phenolic OH excluding ortho intramolecular Hbond substituents is 1. The van der Waals surface area contributed by atoms with E-state index in [1.54, 1.807) is 0 Å². The lowest BCUT2D eigenvalue weighted by Gasteiger charge is -2.26. The molecule has 2 rings (SSSR count). The van der Waals surface area contributed by atoms with Gasteiger partial charge in [-0.2, -0.15) is 13.2 Å². The predicted molar refractivity (Wildman–Crippen MR) is 111 cm³/mol. The molecule has 1 aromatic carbocycles. The maximum absolute atomic E-state index is 13.8. The molecule has 1 atom stereocenters. The monoisotopic (exact) mass is 443 g/mol. The normalized spacial score (nSPS) is 17.5. The number of guanidine groups is 1. The number of hydrogen-bond donors (Lipinski definition) is 3. The van der Waals surface area contributed by atoms with Crippen molar-refractivity contribution in [1.82, 2.24) is 10.2 Å². The Morgan fingerprint density at radius 1 is 1.35 bits per heavy atom. The van der Waals surface area contributed by atoms with Gasteiger partial charge in [-0.3, -0.25) is 4.79 Å². The molecule has 1 aliphatic heterocycles. The second-order valence-corrected chi connectivity index (χ2v) is 7.29. The average Bonchev–Trinajstić information content (AvgIpc) is 2.69. The summed E-state index contributed by atoms with van der Waals surface area (Å²) in [6, 6.07) is 3.30. The molecule has 1 aliphatic rings. The Bertz CT molecular complexity index is 841. The molecular formula is C20H25F4N5O2. The van der Waals surface area contributed by atoms with Crippen molar-refractivity contribution >= 4 is 23.8 Å². The Balaban J connectivity index is 2.16. The number of phenols is 1. The van der Waals surface area contributed by atoms with E-state index >= 15 is 0 Å². The van der Waals surface area contributed by atoms with Gasteiger partial charge in [0.1, 0.15) is 11.4 Å². The fourth-order valence-corrected chi connectivity index (χ4v) is 2.68. The number of nitrogens with zero attached hydrogens (tertiary/aromatic N) is 3. The van der Waals surface area contributed by atoms with Crippen molar-refractivity contribution in [2.75, 3.05) is 25.5 Å². The zero-order valence-electron chi connectivity index (χ0n) is 17.2. The summed E-state index contributed by atoms with van der Waals surface area (Å²) in [5.74, 6) is -4.29. The first-order chi connectivity index (χ1) is 14.5. The Labute approximate surface area is 177 Å². The number of nitrogens with one attached hydrogen (secondary N) is 2. The third-order valence-electron chi connectivity index (χ3n) is 4.70. The van der Waals surface area contributed by atoms with Crippen molar-refractivity contribution in [3.63, 3.8) is 0 Å². The molecular weight excluding hydrogens is 418 g/mol. The van der Waals surface area contributed by atoms with Crippen LogP contribution < -0.4 is 10.6 Å². The number of para-hydroxylation sites is 1. The lowest BCUT2D eigenvalue weighted by Crippen LogP contribution is -2.35. The number of piperidine rings is 1. The number of halogens is 4. The summed E-state index contributed by atoms with van der Waals surface area (Å²) >= 11 is 0. The molecule has 31 heavy (non-hydrogen) atoms. The Hall–Kier alpha value is -2.95. The topological polar surface area (TPSA) is 89.3 Å². The van der Waals surface area contributed by atoms with E-state index in [4.69, 9.17) is 0 Å². The van der Waals surface area contributed by atoms with E-state index in [0.29, 0.717) is 19.1 Å². The van der Waals surface area contributed by atoms with E-state index in [1.165, 1.54) is 12.1 Å². The summed E-state index contributed by atoms with van der Waals surface area (Å²) in [5.41, 5.74) is -0.774. The van der Waals surface area contributed by atoms with Crippen LogP contribution >= 0.6 is 0 Å². The summed E-state index contributed by atoms with van der Waals surface area (Å²) in [5, 5.41) is 14.4. The van der Waals surface area contributed by atoms with Gasteiger partial charge in [0, 0.05) is 6.21 Å². The van der Waals surface area contributed by atoms with Crippen molar-refractivity contribution < 1.29 is 27.5 Å². The number of aliphatic imine (C=N–C) groups is 2. The molecule has 1 unspecified atom stereocenters. The van der Waals surface area contributed by atoms with Crippen LogP contribution in [0.1, 0.15) is 19.8 Å². The molecule has 0 saturated carbocycles. The first-order valence-electron chi connectivity index (χ1n) is 9.59. The zero-order chi connectivity index (χ0) is 23.2. The highest BCUT2D eigenvalue weighted by atomic mass is 19.4. The van der Waals surface area contributed by atoms with E-state index < -0.39 is 35.3 Å². The first-order valence-corrected chi connectivity index (χ1v) is 9.59. The van der Waals surface area contributed by atoms with Gasteiger partial charge in [-0.15, -0.1) is 0 Å². The summed E-state index contributed by atoms with van der Waals surface area (Å²) in [6.07, 6.45) is -2.44. The molecule has 0 spiro atoms. The second kappa shape index (κ2) is 10.4. The third-order valence-corrected chi connectivity index (χ3v) is 4.70. The molecule has 1 saturated heterocycles. The molecule has 170 valence electrons. The number of alkyl halides is 3. The van der Waals surface area contributed by atoms with Crippen LogP contribution in [0.2, 0.25) is 0 Å². The van der Waals surface area contributed by atoms with E-state index in [2.05, 4.69) is 32.1 Å². The zero-order valence-corrected chi connectivity index (χ0v) is 17.2. The maximum Gasteiger partial charge on any atom is 0.396 e. The number of amides is 1. The fraction of sp³-hybridized carbons (Fsp3) is 0.450. The minimum Gasteiger partial charge on any atom is -0.506 e. The van der Waals surface area contributed by atoms with Crippen molar-refractivity contribution in [1.29, 1.82) is 0 Å². The van der Waals surface area contributed by atoms with Crippen molar-refractivity contribution in [2.24, 2.45) is 15.9 Å². The van der Waals surface area contributed by atoms with Gasteiger partial charge in [0.2, 0.25) is 5.96 Å². The molecule has 0 aromatic heterocycles. The number of likely N-dealkylation sites (tertiary alicyclic amines) is 1. The largest absolute Gasteiger partial charge is 0.506 e. The number of aromatic hydroxyl groups is 1. The van der Waals surface area contributed by atoms with Crippen LogP contribution in [0, 0.1) is 11.7 Å². The van der Waals surface area contributed by atoms with Crippen LogP contribution in [0.25, 0.3) is 0 Å². The molecule has 1 amide bonds. The fourth-order valence-electron chi connectivity index (χ4n) is 2.68. The van der Waals surface area contributed by atoms with E-state index in [-0.39, 0.29) is 17.7 Å². The van der Waals surface area contributed by atoms with Crippen LogP contribution in [-0.4, -0.2) is 60.4 Å². The molecule has 11 heteroatoms. The number of rotatable bonds is 5. The molecule has 1 aromatic rings. The molecule has 3 N–H and O–H groups in total. The average molecular weight is 443 g/mol. The molecule has 7 nitrogen and oxygen atoms in total. The highest BCUT2D eigenvalue weighted by molar-refractivity contribution is 6.07. The predicted octanol–water partition coefficient (Wildman–Crippen LogP) is 3.29. The van der Waals surface area contributed by atoms with E-state index in [0.717, 1.165) is 26.1 Å². The summed E-state index contributed by atoms with van der Waals surface area (Å²) in [6.45, 7) is 5.99. The summed E-state index contributed by atoms with van der Waals surface area (Å²) in [7, 11) is 1.95. The standard InChI is InChI=1S/C20H25F4N5O2/c1-12(20(22,23)24)11-25-19(27-14-7-9-29(3)10-8-14)26-13(2)18(31)28-17-15(21)5-4-6-16(17)30/h4-6,11-12,14,30H,2,7-10H2,1,3H3,(H,26,27)(H,28,31). The van der Waals surface area contributed by atoms with Gasteiger partial charge in [0.25, 0.3) is 5.91 Å². The smallest absolute Gasteiger partial charge is 0.396 e. The maximum atomic E-state index is 13.8. The molecule has 1 fully saturated rings. The van der Waals surface area contributed by atoms with Crippen LogP contribution in [0.5, 0.6) is 5.75 Å². The van der Waals surface area contributed by atoms with Crippen LogP contribution in [0.4, 0.5) is 23.2 Å². The number of carbonyl (C=O) groups is 1. The Morgan fingerprint density at radius 3 is 2.58 bits per heavy atom. The van der Waals surface area contributed by atoms with E-state index in [9.17, 15) is 27.5 Å². The molecule has 0 bridgehead atoms. The lowest BCUT2D eigenvalue weighted by atomic mass is 10.1. The van der Waals surface area contributed by atoms with E-state index in [1.807, 2.05) is 7.05 Å². The number of anilines is 1. The van der Waals surface area contributed by atoms with Gasteiger partial charge in [-0.25, -0.2) is 14.4 Å². The minimum atomic E-state index is -4.47. The Kier molecular flexibility index (Phi) is 8.14. The quantitative estimate of drug-likeness (QED) is 0.214. The highest BCUT2D eigenvalue weighted by Gasteiger charge is 2.34. The van der Waals surface area contributed by atoms with Crippen LogP contribution in [0.3, 0.4) is 0 Å². The molecule has 1 heterocycles. The van der Waals surface area contributed by atoms with Gasteiger partial charge in [0.15, 0.2) is 5.82 Å². The lowest BCUT2D eigenvalue weighted by molar-refractivity contribution is -0.149. The van der Waals surface area contributed by atoms with Gasteiger partial charge >= 0.3 is 6.18 Å². The molecule has 0 radical (unpaired) electrons. The first kappa shape index (κ1) is 24.3. The van der Waals surface area contributed by atoms with Gasteiger partial charge in [0.05, 0.1) is 17.7 Å². The second-order valence-electron chi connectivity index (χ2n) is 7.29. The highest BCUT2D eigenvalue weighted by Crippen LogP contribution is 2.26. The van der Waals surface area contributed by atoms with Gasteiger partial charge in [-0.1, -0.05) is 12.6 Å². The van der Waals surface area contributed by atoms with Crippen LogP contribution in [-0.2, 0) is 4.79 Å². The summed E-state index contributed by atoms with van der Waals surface area (Å²) < 4.78 is 52.3. The van der Waals surface area contributed by atoms with Gasteiger partial charge < -0.3 is 20.6 Å². The SMILES string of the molecule is C=C(NC(N=CC(C)C(F)(F)F)=NC1CCN(C)CC1)C(=O)Nc1c(O)cccc1F. The minimum absolute atomic E-state index is 0.191. The Morgan fingerprint density at radius 2 is 2.00 bits per heavy atom. The summed E-state index contributed by atoms with van der Waals surface area (Å²) in [4.78, 5) is 22.6. The number of carbonyl (C=O) groups excluding carboxylic acids is 1. The third kappa shape index (κ3) is 7.35. The van der Waals surface area contributed by atoms with Crippen molar-refractivity contribution in [3.8, 4) is 5.75 Å². The molecule has 0 aliphatic carbocycles. The van der Waals surface area contributed by atoms with Crippen LogP contribution in [0.15, 0.2) is 40.5 Å². The number of hydrogen-bond acceptors (Lipinski definition) is 4. The van der Waals surface area contributed by atoms with Crippen molar-refractivity contribution in [2.45, 2.75) is 32.0 Å². The number of benzene rings is 1.